The number of epoxide rings is 1. The molecule has 0 amide bonds. The molecule has 2 spiro atoms. The Morgan fingerprint density at radius 2 is 2.14 bits per heavy atom. The van der Waals surface area contributed by atoms with Crippen molar-refractivity contribution < 1.29 is 24.1 Å². The van der Waals surface area contributed by atoms with Gasteiger partial charge < -0.3 is 19.3 Å². The van der Waals surface area contributed by atoms with Gasteiger partial charge in [0.25, 0.3) is 0 Å². The van der Waals surface area contributed by atoms with Crippen molar-refractivity contribution in [3.8, 4) is 0 Å². The van der Waals surface area contributed by atoms with Crippen LogP contribution in [0.3, 0.4) is 0 Å². The van der Waals surface area contributed by atoms with E-state index in [1.807, 2.05) is 13.8 Å². The summed E-state index contributed by atoms with van der Waals surface area (Å²) in [6, 6.07) is 0. The van der Waals surface area contributed by atoms with Gasteiger partial charge in [0.2, 0.25) is 5.60 Å². The lowest BCUT2D eigenvalue weighted by Gasteiger charge is -2.51. The van der Waals surface area contributed by atoms with E-state index in [2.05, 4.69) is 22.9 Å². The summed E-state index contributed by atoms with van der Waals surface area (Å²) in [6.45, 7) is 6.21. The van der Waals surface area contributed by atoms with E-state index in [1.54, 1.807) is 0 Å². The zero-order chi connectivity index (χ0) is 15.0. The Balaban J connectivity index is 1.77. The SMILES string of the molecule is CC1C2C(O)C3OC(=O)[C@@]45O[C@@H]4CC1(OC2(C)CBr)C35C. The average molecular weight is 359 g/mol. The van der Waals surface area contributed by atoms with Crippen LogP contribution in [0, 0.1) is 17.3 Å². The number of halogens is 1. The van der Waals surface area contributed by atoms with Crippen LogP contribution >= 0.6 is 15.9 Å². The number of carbonyl (C=O) groups is 1. The topological polar surface area (TPSA) is 68.3 Å². The van der Waals surface area contributed by atoms with Crippen LogP contribution in [0.15, 0.2) is 0 Å². The van der Waals surface area contributed by atoms with Crippen molar-refractivity contribution in [1.29, 1.82) is 0 Å². The zero-order valence-corrected chi connectivity index (χ0v) is 13.8. The molecule has 0 aromatic carbocycles. The van der Waals surface area contributed by atoms with Crippen LogP contribution in [0.1, 0.15) is 27.2 Å². The van der Waals surface area contributed by atoms with Crippen LogP contribution < -0.4 is 0 Å². The Morgan fingerprint density at radius 1 is 1.43 bits per heavy atom. The minimum atomic E-state index is -0.880. The lowest BCUT2D eigenvalue weighted by atomic mass is 9.54. The number of alkyl halides is 1. The maximum atomic E-state index is 12.4. The molecular formula is C15H19BrO5. The summed E-state index contributed by atoms with van der Waals surface area (Å²) in [5.41, 5.74) is -2.37. The third-order valence-corrected chi connectivity index (χ3v) is 8.42. The number of esters is 1. The van der Waals surface area contributed by atoms with Crippen LogP contribution in [-0.2, 0) is 19.0 Å². The first-order valence-electron chi connectivity index (χ1n) is 7.61. The zero-order valence-electron chi connectivity index (χ0n) is 12.3. The first-order valence-corrected chi connectivity index (χ1v) is 8.74. The molecule has 21 heavy (non-hydrogen) atoms. The summed E-state index contributed by atoms with van der Waals surface area (Å²) in [4.78, 5) is 12.4. The number of aliphatic hydroxyl groups excluding tert-OH is 1. The highest BCUT2D eigenvalue weighted by Crippen LogP contribution is 2.79. The molecule has 5 nitrogen and oxygen atoms in total. The van der Waals surface area contributed by atoms with E-state index in [9.17, 15) is 9.90 Å². The van der Waals surface area contributed by atoms with E-state index in [4.69, 9.17) is 14.2 Å². The molecule has 2 bridgehead atoms. The molecule has 0 radical (unpaired) electrons. The number of carbonyl (C=O) groups excluding carboxylic acids is 1. The van der Waals surface area contributed by atoms with Crippen molar-refractivity contribution in [1.82, 2.24) is 0 Å². The van der Waals surface area contributed by atoms with Crippen LogP contribution in [-0.4, -0.2) is 51.5 Å². The number of aliphatic hydroxyl groups is 1. The van der Waals surface area contributed by atoms with Gasteiger partial charge in [0.15, 0.2) is 0 Å². The second-order valence-electron chi connectivity index (χ2n) is 7.82. The molecule has 3 saturated heterocycles. The van der Waals surface area contributed by atoms with Gasteiger partial charge in [-0.15, -0.1) is 0 Å². The van der Waals surface area contributed by atoms with Gasteiger partial charge in [-0.25, -0.2) is 4.79 Å². The fourth-order valence-electron chi connectivity index (χ4n) is 6.37. The standard InChI is InChI=1S/C15H19BrO5/c1-6-8-9(17)10-13(3)14(6,21-12(8,2)5-16)4-7-15(13,20-7)11(18)19-10/h6-10,17H,4-5H2,1-3H3/t6?,7-,8?,9?,10?,12?,13?,14?,15+/m1/s1. The lowest BCUT2D eigenvalue weighted by Crippen LogP contribution is -2.64. The molecule has 5 aliphatic rings. The number of hydrogen-bond acceptors (Lipinski definition) is 5. The van der Waals surface area contributed by atoms with Crippen molar-refractivity contribution in [3.05, 3.63) is 0 Å². The number of fused-ring (bicyclic) bond motifs is 1. The average Bonchev–Trinajstić information content (AvgIpc) is 2.98. The monoisotopic (exact) mass is 358 g/mol. The summed E-state index contributed by atoms with van der Waals surface area (Å²) in [5, 5.41) is 11.6. The molecule has 3 aliphatic heterocycles. The number of ether oxygens (including phenoxy) is 3. The molecule has 3 heterocycles. The fourth-order valence-corrected chi connectivity index (χ4v) is 6.86. The van der Waals surface area contributed by atoms with Gasteiger partial charge >= 0.3 is 5.97 Å². The van der Waals surface area contributed by atoms with E-state index in [0.29, 0.717) is 5.33 Å². The van der Waals surface area contributed by atoms with Crippen molar-refractivity contribution in [2.45, 2.75) is 62.3 Å². The normalized spacial score (nSPS) is 69.6. The molecular weight excluding hydrogens is 340 g/mol. The van der Waals surface area contributed by atoms with Gasteiger partial charge in [0, 0.05) is 17.7 Å². The van der Waals surface area contributed by atoms with Crippen molar-refractivity contribution in [2.75, 3.05) is 5.33 Å². The van der Waals surface area contributed by atoms with Crippen molar-refractivity contribution in [3.63, 3.8) is 0 Å². The molecule has 5 fully saturated rings. The smallest absolute Gasteiger partial charge is 0.342 e. The Hall–Kier alpha value is -0.170. The van der Waals surface area contributed by atoms with Gasteiger partial charge in [0.05, 0.1) is 22.7 Å². The second kappa shape index (κ2) is 3.21. The van der Waals surface area contributed by atoms with Crippen molar-refractivity contribution >= 4 is 21.9 Å². The summed E-state index contributed by atoms with van der Waals surface area (Å²) < 4.78 is 18.0. The third kappa shape index (κ3) is 0.965. The molecule has 116 valence electrons. The summed E-state index contributed by atoms with van der Waals surface area (Å²) in [5.74, 6) is -0.186. The van der Waals surface area contributed by atoms with Crippen LogP contribution in [0.25, 0.3) is 0 Å². The van der Waals surface area contributed by atoms with E-state index in [-0.39, 0.29) is 23.9 Å². The second-order valence-corrected chi connectivity index (χ2v) is 8.38. The van der Waals surface area contributed by atoms with Crippen LogP contribution in [0.2, 0.25) is 0 Å². The molecule has 0 aromatic rings. The summed E-state index contributed by atoms with van der Waals surface area (Å²) in [6.07, 6.45) is -0.637. The van der Waals surface area contributed by atoms with E-state index >= 15 is 0 Å². The molecule has 5 rings (SSSR count). The Morgan fingerprint density at radius 3 is 2.81 bits per heavy atom. The molecule has 2 saturated carbocycles. The highest BCUT2D eigenvalue weighted by atomic mass is 79.9. The fraction of sp³-hybridized carbons (Fsp3) is 0.933. The van der Waals surface area contributed by atoms with Gasteiger partial charge in [-0.1, -0.05) is 22.9 Å². The first kappa shape index (κ1) is 13.3. The van der Waals surface area contributed by atoms with Crippen LogP contribution in [0.4, 0.5) is 0 Å². The van der Waals surface area contributed by atoms with Gasteiger partial charge in [-0.2, -0.15) is 0 Å². The molecule has 1 N–H and O–H groups in total. The quantitative estimate of drug-likeness (QED) is 0.430. The lowest BCUT2D eigenvalue weighted by molar-refractivity contribution is -0.200. The van der Waals surface area contributed by atoms with Gasteiger partial charge in [0.1, 0.15) is 12.2 Å². The van der Waals surface area contributed by atoms with E-state index in [0.717, 1.165) is 6.42 Å². The van der Waals surface area contributed by atoms with Crippen LogP contribution in [0.5, 0.6) is 0 Å². The largest absolute Gasteiger partial charge is 0.457 e. The predicted molar refractivity (Wildman–Crippen MR) is 74.9 cm³/mol. The predicted octanol–water partition coefficient (Wildman–Crippen LogP) is 1.01. The Bertz CT molecular complexity index is 582. The molecule has 0 aromatic heterocycles. The number of rotatable bonds is 1. The summed E-state index contributed by atoms with van der Waals surface area (Å²) in [7, 11) is 0. The summed E-state index contributed by atoms with van der Waals surface area (Å²) >= 11 is 3.55. The first-order chi connectivity index (χ1) is 9.78. The maximum absolute atomic E-state index is 12.4. The minimum absolute atomic E-state index is 0.0459. The van der Waals surface area contributed by atoms with Gasteiger partial charge in [-0.3, -0.25) is 0 Å². The number of hydrogen-bond donors (Lipinski definition) is 1. The maximum Gasteiger partial charge on any atom is 0.342 e. The van der Waals surface area contributed by atoms with Gasteiger partial charge in [-0.05, 0) is 19.8 Å². The van der Waals surface area contributed by atoms with E-state index < -0.39 is 34.4 Å². The molecule has 2 aliphatic carbocycles. The Labute approximate surface area is 131 Å². The molecule has 9 atom stereocenters. The Kier molecular flexibility index (Phi) is 2.03. The highest BCUT2D eigenvalue weighted by Gasteiger charge is 2.95. The van der Waals surface area contributed by atoms with Crippen molar-refractivity contribution in [2.24, 2.45) is 17.3 Å². The van der Waals surface area contributed by atoms with E-state index in [1.165, 1.54) is 0 Å². The third-order valence-electron chi connectivity index (χ3n) is 7.31. The molecule has 6 heteroatoms. The minimum Gasteiger partial charge on any atom is -0.457 e. The highest BCUT2D eigenvalue weighted by molar-refractivity contribution is 9.09. The molecule has 7 unspecified atom stereocenters.